The highest BCUT2D eigenvalue weighted by Crippen LogP contribution is 2.22. The highest BCUT2D eigenvalue weighted by Gasteiger charge is 2.04. The zero-order valence-corrected chi connectivity index (χ0v) is 13.1. The van der Waals surface area contributed by atoms with Gasteiger partial charge >= 0.3 is 0 Å². The summed E-state index contributed by atoms with van der Waals surface area (Å²) in [6.07, 6.45) is 1.64. The average molecular weight is 329 g/mol. The maximum absolute atomic E-state index is 13.2. The minimum atomic E-state index is -0.457. The molecule has 2 N–H and O–H groups in total. The summed E-state index contributed by atoms with van der Waals surface area (Å²) < 4.78 is 13.2. The van der Waals surface area contributed by atoms with E-state index in [1.165, 1.54) is 17.7 Å². The van der Waals surface area contributed by atoms with Gasteiger partial charge in [-0.05, 0) is 43.3 Å². The van der Waals surface area contributed by atoms with E-state index >= 15 is 0 Å². The molecular formula is C17H14ClFN4. The second-order valence-corrected chi connectivity index (χ2v) is 5.42. The molecule has 0 amide bonds. The lowest BCUT2D eigenvalue weighted by Gasteiger charge is -2.09. The Morgan fingerprint density at radius 3 is 2.43 bits per heavy atom. The molecule has 0 fully saturated rings. The van der Waals surface area contributed by atoms with Gasteiger partial charge in [0.1, 0.15) is 11.6 Å². The molecule has 0 aliphatic carbocycles. The van der Waals surface area contributed by atoms with Gasteiger partial charge in [-0.1, -0.05) is 29.3 Å². The summed E-state index contributed by atoms with van der Waals surface area (Å²) in [7, 11) is 0. The van der Waals surface area contributed by atoms with Crippen LogP contribution in [-0.4, -0.2) is 9.97 Å². The van der Waals surface area contributed by atoms with Gasteiger partial charge in [-0.25, -0.2) is 9.37 Å². The molecule has 3 aromatic rings. The van der Waals surface area contributed by atoms with Gasteiger partial charge in [0.2, 0.25) is 5.95 Å². The molecule has 0 spiro atoms. The van der Waals surface area contributed by atoms with Crippen LogP contribution in [0.2, 0.25) is 5.02 Å². The Labute approximate surface area is 138 Å². The third-order valence-corrected chi connectivity index (χ3v) is 3.44. The molecule has 0 unspecified atom stereocenters. The molecule has 116 valence electrons. The van der Waals surface area contributed by atoms with E-state index in [0.717, 1.165) is 5.69 Å². The summed E-state index contributed by atoms with van der Waals surface area (Å²) in [5, 5.41) is 6.25. The van der Waals surface area contributed by atoms with E-state index in [4.69, 9.17) is 11.6 Å². The van der Waals surface area contributed by atoms with Crippen molar-refractivity contribution in [3.05, 3.63) is 71.1 Å². The lowest BCUT2D eigenvalue weighted by Crippen LogP contribution is -2.00. The van der Waals surface area contributed by atoms with Gasteiger partial charge in [0.15, 0.2) is 0 Å². The van der Waals surface area contributed by atoms with Crippen molar-refractivity contribution < 1.29 is 4.39 Å². The number of hydrogen-bond acceptors (Lipinski definition) is 4. The topological polar surface area (TPSA) is 49.8 Å². The average Bonchev–Trinajstić information content (AvgIpc) is 2.54. The van der Waals surface area contributed by atoms with E-state index in [9.17, 15) is 4.39 Å². The number of anilines is 4. The zero-order valence-electron chi connectivity index (χ0n) is 12.3. The molecule has 0 aliphatic heterocycles. The lowest BCUT2D eigenvalue weighted by molar-refractivity contribution is 0.628. The summed E-state index contributed by atoms with van der Waals surface area (Å²) >= 11 is 5.77. The molecule has 4 nitrogen and oxygen atoms in total. The van der Waals surface area contributed by atoms with Crippen LogP contribution in [0.5, 0.6) is 0 Å². The Morgan fingerprint density at radius 1 is 0.957 bits per heavy atom. The first kappa shape index (κ1) is 15.2. The number of aromatic nitrogens is 2. The zero-order chi connectivity index (χ0) is 16.2. The second kappa shape index (κ2) is 6.62. The smallest absolute Gasteiger partial charge is 0.229 e. The Balaban J connectivity index is 1.76. The first-order valence-electron chi connectivity index (χ1n) is 6.99. The fourth-order valence-electron chi connectivity index (χ4n) is 1.98. The van der Waals surface area contributed by atoms with Crippen LogP contribution < -0.4 is 10.6 Å². The van der Waals surface area contributed by atoms with Crippen molar-refractivity contribution >= 4 is 34.7 Å². The highest BCUT2D eigenvalue weighted by molar-refractivity contribution is 6.31. The molecule has 0 saturated heterocycles. The third kappa shape index (κ3) is 3.96. The molecule has 0 aliphatic rings. The van der Waals surface area contributed by atoms with Crippen LogP contribution in [0.1, 0.15) is 5.56 Å². The number of benzene rings is 2. The number of nitrogens with zero attached hydrogens (tertiary/aromatic N) is 2. The van der Waals surface area contributed by atoms with Crippen LogP contribution in [0.15, 0.2) is 54.7 Å². The molecule has 0 bridgehead atoms. The van der Waals surface area contributed by atoms with Crippen molar-refractivity contribution in [3.8, 4) is 0 Å². The molecule has 23 heavy (non-hydrogen) atoms. The van der Waals surface area contributed by atoms with Crippen molar-refractivity contribution in [3.63, 3.8) is 0 Å². The fourth-order valence-corrected chi connectivity index (χ4v) is 2.16. The van der Waals surface area contributed by atoms with Crippen molar-refractivity contribution in [2.75, 3.05) is 10.6 Å². The van der Waals surface area contributed by atoms with Crippen LogP contribution in [0, 0.1) is 12.7 Å². The molecular weight excluding hydrogens is 315 g/mol. The van der Waals surface area contributed by atoms with Gasteiger partial charge in [-0.15, -0.1) is 0 Å². The van der Waals surface area contributed by atoms with Crippen LogP contribution in [0.4, 0.5) is 27.5 Å². The lowest BCUT2D eigenvalue weighted by atomic mass is 10.2. The maximum atomic E-state index is 13.2. The number of halogens is 2. The minimum absolute atomic E-state index is 0.0575. The predicted octanol–water partition coefficient (Wildman–Crippen LogP) is 5.06. The van der Waals surface area contributed by atoms with Gasteiger partial charge in [-0.2, -0.15) is 4.98 Å². The quantitative estimate of drug-likeness (QED) is 0.702. The fraction of sp³-hybridized carbons (Fsp3) is 0.0588. The van der Waals surface area contributed by atoms with Gasteiger partial charge in [-0.3, -0.25) is 0 Å². The Kier molecular flexibility index (Phi) is 4.39. The molecule has 0 saturated carbocycles. The first-order valence-corrected chi connectivity index (χ1v) is 7.37. The van der Waals surface area contributed by atoms with Crippen LogP contribution in [0.25, 0.3) is 0 Å². The minimum Gasteiger partial charge on any atom is -0.340 e. The standard InChI is InChI=1S/C17H14ClFN4/c1-11-2-4-12(5-3-11)22-17-20-9-8-16(23-17)21-13-6-7-15(19)14(18)10-13/h2-10H,1H3,(H2,20,21,22,23). The van der Waals surface area contributed by atoms with E-state index in [0.29, 0.717) is 17.5 Å². The molecule has 1 heterocycles. The summed E-state index contributed by atoms with van der Waals surface area (Å²) in [5.41, 5.74) is 2.73. The normalized spacial score (nSPS) is 10.4. The predicted molar refractivity (Wildman–Crippen MR) is 91.2 cm³/mol. The molecule has 2 aromatic carbocycles. The van der Waals surface area contributed by atoms with Gasteiger partial charge in [0.25, 0.3) is 0 Å². The van der Waals surface area contributed by atoms with E-state index in [2.05, 4.69) is 20.6 Å². The number of nitrogens with one attached hydrogen (secondary N) is 2. The Hall–Kier alpha value is -2.66. The van der Waals surface area contributed by atoms with Crippen LogP contribution in [0.3, 0.4) is 0 Å². The van der Waals surface area contributed by atoms with E-state index in [1.807, 2.05) is 31.2 Å². The summed E-state index contributed by atoms with van der Waals surface area (Å²) in [6, 6.07) is 14.0. The van der Waals surface area contributed by atoms with Crippen molar-refractivity contribution in [2.24, 2.45) is 0 Å². The number of aryl methyl sites for hydroxylation is 1. The Morgan fingerprint density at radius 2 is 1.70 bits per heavy atom. The Bertz CT molecular complexity index is 821. The summed E-state index contributed by atoms with van der Waals surface area (Å²) in [6.45, 7) is 2.03. The maximum Gasteiger partial charge on any atom is 0.229 e. The van der Waals surface area contributed by atoms with Crippen molar-refractivity contribution in [1.82, 2.24) is 9.97 Å². The second-order valence-electron chi connectivity index (χ2n) is 5.01. The first-order chi connectivity index (χ1) is 11.1. The van der Waals surface area contributed by atoms with Crippen LogP contribution >= 0.6 is 11.6 Å². The molecule has 0 radical (unpaired) electrons. The van der Waals surface area contributed by atoms with E-state index in [-0.39, 0.29) is 5.02 Å². The van der Waals surface area contributed by atoms with Crippen molar-refractivity contribution in [2.45, 2.75) is 6.92 Å². The molecule has 1 aromatic heterocycles. The van der Waals surface area contributed by atoms with Gasteiger partial charge in [0.05, 0.1) is 5.02 Å². The SMILES string of the molecule is Cc1ccc(Nc2nccc(Nc3ccc(F)c(Cl)c3)n2)cc1. The molecule has 3 rings (SSSR count). The summed E-state index contributed by atoms with van der Waals surface area (Å²) in [5.74, 6) is 0.589. The largest absolute Gasteiger partial charge is 0.340 e. The van der Waals surface area contributed by atoms with E-state index < -0.39 is 5.82 Å². The number of rotatable bonds is 4. The third-order valence-electron chi connectivity index (χ3n) is 3.16. The van der Waals surface area contributed by atoms with Gasteiger partial charge in [0, 0.05) is 17.6 Å². The summed E-state index contributed by atoms with van der Waals surface area (Å²) in [4.78, 5) is 8.55. The monoisotopic (exact) mass is 328 g/mol. The van der Waals surface area contributed by atoms with Crippen LogP contribution in [-0.2, 0) is 0 Å². The highest BCUT2D eigenvalue weighted by atomic mass is 35.5. The van der Waals surface area contributed by atoms with Crippen molar-refractivity contribution in [1.29, 1.82) is 0 Å². The molecule has 0 atom stereocenters. The van der Waals surface area contributed by atoms with Gasteiger partial charge < -0.3 is 10.6 Å². The molecule has 6 heteroatoms. The van der Waals surface area contributed by atoms with E-state index in [1.54, 1.807) is 18.3 Å². The number of hydrogen-bond donors (Lipinski definition) is 2.